The Balaban J connectivity index is 2.06. The largest absolute Gasteiger partial charge is 0.494 e. The molecule has 0 N–H and O–H groups in total. The smallest absolute Gasteiger partial charge is 0.234 e. The maximum absolute atomic E-state index is 12.6. The molecule has 0 aliphatic carbocycles. The number of methoxy groups -OCH3 is 1. The van der Waals surface area contributed by atoms with Gasteiger partial charge in [-0.2, -0.15) is 0 Å². The number of ether oxygens (including phenoxy) is 1. The molecule has 7 heteroatoms. The summed E-state index contributed by atoms with van der Waals surface area (Å²) in [6.45, 7) is 4.60. The SMILES string of the molecule is CCC(CC)N1C[C@@H](C(=O)N(C)c2ncc(OC)cn2)CC1=O. The lowest BCUT2D eigenvalue weighted by Crippen LogP contribution is -2.38. The molecule has 0 unspecified atom stereocenters. The minimum absolute atomic E-state index is 0.0566. The second kappa shape index (κ2) is 7.39. The first-order chi connectivity index (χ1) is 11.0. The van der Waals surface area contributed by atoms with E-state index in [4.69, 9.17) is 4.74 Å². The molecule has 1 saturated heterocycles. The molecule has 126 valence electrons. The second-order valence-corrected chi connectivity index (χ2v) is 5.74. The fourth-order valence-corrected chi connectivity index (χ4v) is 2.94. The summed E-state index contributed by atoms with van der Waals surface area (Å²) in [4.78, 5) is 36.3. The molecule has 2 heterocycles. The van der Waals surface area contributed by atoms with Crippen molar-refractivity contribution >= 4 is 17.8 Å². The van der Waals surface area contributed by atoms with Gasteiger partial charge in [-0.1, -0.05) is 13.8 Å². The molecule has 1 fully saturated rings. The van der Waals surface area contributed by atoms with Crippen molar-refractivity contribution < 1.29 is 14.3 Å². The van der Waals surface area contributed by atoms with Gasteiger partial charge in [0.1, 0.15) is 0 Å². The fraction of sp³-hybridized carbons (Fsp3) is 0.625. The Morgan fingerprint density at radius 3 is 2.52 bits per heavy atom. The Morgan fingerprint density at radius 2 is 2.00 bits per heavy atom. The van der Waals surface area contributed by atoms with Gasteiger partial charge in [0.2, 0.25) is 17.8 Å². The van der Waals surface area contributed by atoms with E-state index >= 15 is 0 Å². The number of hydrogen-bond acceptors (Lipinski definition) is 5. The Morgan fingerprint density at radius 1 is 1.39 bits per heavy atom. The zero-order valence-corrected chi connectivity index (χ0v) is 14.2. The van der Waals surface area contributed by atoms with Crippen LogP contribution >= 0.6 is 0 Å². The summed E-state index contributed by atoms with van der Waals surface area (Å²) in [6, 6.07) is 0.211. The number of carbonyl (C=O) groups is 2. The van der Waals surface area contributed by atoms with Crippen LogP contribution in [0.15, 0.2) is 12.4 Å². The van der Waals surface area contributed by atoms with Gasteiger partial charge in [0.25, 0.3) is 0 Å². The Bertz CT molecular complexity index is 557. The van der Waals surface area contributed by atoms with Crippen molar-refractivity contribution in [2.24, 2.45) is 5.92 Å². The van der Waals surface area contributed by atoms with Gasteiger partial charge in [0.05, 0.1) is 25.4 Å². The summed E-state index contributed by atoms with van der Waals surface area (Å²) in [6.07, 6.45) is 5.10. The van der Waals surface area contributed by atoms with Crippen molar-refractivity contribution in [1.29, 1.82) is 0 Å². The topological polar surface area (TPSA) is 75.6 Å². The summed E-state index contributed by atoms with van der Waals surface area (Å²) in [5.41, 5.74) is 0. The minimum Gasteiger partial charge on any atom is -0.494 e. The van der Waals surface area contributed by atoms with Crippen molar-refractivity contribution in [3.05, 3.63) is 12.4 Å². The molecular weight excluding hydrogens is 296 g/mol. The molecule has 0 radical (unpaired) electrons. The number of carbonyl (C=O) groups excluding carboxylic acids is 2. The lowest BCUT2D eigenvalue weighted by atomic mass is 10.1. The quantitative estimate of drug-likeness (QED) is 0.793. The molecule has 0 bridgehead atoms. The zero-order chi connectivity index (χ0) is 17.0. The predicted octanol–water partition coefficient (Wildman–Crippen LogP) is 1.49. The number of amides is 2. The summed E-state index contributed by atoms with van der Waals surface area (Å²) < 4.78 is 5.01. The van der Waals surface area contributed by atoms with Crippen LogP contribution in [0.5, 0.6) is 5.75 Å². The van der Waals surface area contributed by atoms with E-state index in [1.54, 1.807) is 7.05 Å². The molecule has 1 atom stereocenters. The van der Waals surface area contributed by atoms with Crippen LogP contribution in [0.2, 0.25) is 0 Å². The summed E-state index contributed by atoms with van der Waals surface area (Å²) in [7, 11) is 3.16. The van der Waals surface area contributed by atoms with Crippen molar-refractivity contribution in [3.63, 3.8) is 0 Å². The number of likely N-dealkylation sites (tertiary alicyclic amines) is 1. The van der Waals surface area contributed by atoms with Gasteiger partial charge >= 0.3 is 0 Å². The molecular formula is C16H24N4O3. The van der Waals surface area contributed by atoms with Crippen molar-refractivity contribution in [3.8, 4) is 5.75 Å². The third-order valence-corrected chi connectivity index (χ3v) is 4.37. The standard InChI is InChI=1S/C16H24N4O3/c1-5-12(6-2)20-10-11(7-14(20)21)15(22)19(3)16-17-8-13(23-4)9-18-16/h8-9,11-12H,5-7,10H2,1-4H3/t11-/m0/s1. The van der Waals surface area contributed by atoms with Crippen LogP contribution in [0.4, 0.5) is 5.95 Å². The molecule has 1 aromatic heterocycles. The van der Waals surface area contributed by atoms with Crippen LogP contribution in [0, 0.1) is 5.92 Å². The predicted molar refractivity (Wildman–Crippen MR) is 86.2 cm³/mol. The van der Waals surface area contributed by atoms with E-state index in [0.29, 0.717) is 18.2 Å². The van der Waals surface area contributed by atoms with Crippen LogP contribution in [-0.4, -0.2) is 53.4 Å². The van der Waals surface area contributed by atoms with E-state index in [2.05, 4.69) is 23.8 Å². The van der Waals surface area contributed by atoms with Crippen molar-refractivity contribution in [2.45, 2.75) is 39.2 Å². The molecule has 1 aromatic rings. The van der Waals surface area contributed by atoms with Crippen LogP contribution < -0.4 is 9.64 Å². The highest BCUT2D eigenvalue weighted by Gasteiger charge is 2.38. The number of anilines is 1. The van der Waals surface area contributed by atoms with Gasteiger partial charge in [0, 0.05) is 26.1 Å². The van der Waals surface area contributed by atoms with E-state index in [1.165, 1.54) is 24.4 Å². The van der Waals surface area contributed by atoms with E-state index in [9.17, 15) is 9.59 Å². The molecule has 0 spiro atoms. The Kier molecular flexibility index (Phi) is 5.52. The maximum atomic E-state index is 12.6. The van der Waals surface area contributed by atoms with Gasteiger partial charge in [-0.25, -0.2) is 9.97 Å². The third kappa shape index (κ3) is 3.60. The normalized spacial score (nSPS) is 17.7. The summed E-state index contributed by atoms with van der Waals surface area (Å²) in [5.74, 6) is 0.437. The fourth-order valence-electron chi connectivity index (χ4n) is 2.94. The maximum Gasteiger partial charge on any atom is 0.234 e. The van der Waals surface area contributed by atoms with Gasteiger partial charge in [-0.3, -0.25) is 14.5 Å². The monoisotopic (exact) mass is 320 g/mol. The highest BCUT2D eigenvalue weighted by Crippen LogP contribution is 2.25. The van der Waals surface area contributed by atoms with Gasteiger partial charge in [0.15, 0.2) is 5.75 Å². The van der Waals surface area contributed by atoms with E-state index in [-0.39, 0.29) is 30.2 Å². The second-order valence-electron chi connectivity index (χ2n) is 5.74. The highest BCUT2D eigenvalue weighted by molar-refractivity contribution is 5.97. The van der Waals surface area contributed by atoms with Crippen LogP contribution in [-0.2, 0) is 9.59 Å². The first kappa shape index (κ1) is 17.2. The average Bonchev–Trinajstić information content (AvgIpc) is 2.96. The molecule has 1 aliphatic heterocycles. The molecule has 1 aliphatic rings. The van der Waals surface area contributed by atoms with E-state index in [1.807, 2.05) is 4.90 Å². The van der Waals surface area contributed by atoms with Crippen LogP contribution in [0.1, 0.15) is 33.1 Å². The molecule has 0 aromatic carbocycles. The average molecular weight is 320 g/mol. The van der Waals surface area contributed by atoms with Crippen LogP contribution in [0.25, 0.3) is 0 Å². The molecule has 2 rings (SSSR count). The molecule has 23 heavy (non-hydrogen) atoms. The van der Waals surface area contributed by atoms with Crippen LogP contribution in [0.3, 0.4) is 0 Å². The number of nitrogens with zero attached hydrogens (tertiary/aromatic N) is 4. The lowest BCUT2D eigenvalue weighted by molar-refractivity contribution is -0.130. The first-order valence-corrected chi connectivity index (χ1v) is 7.94. The molecule has 7 nitrogen and oxygen atoms in total. The highest BCUT2D eigenvalue weighted by atomic mass is 16.5. The number of rotatable bonds is 6. The first-order valence-electron chi connectivity index (χ1n) is 7.94. The van der Waals surface area contributed by atoms with Crippen molar-refractivity contribution in [1.82, 2.24) is 14.9 Å². The van der Waals surface area contributed by atoms with E-state index in [0.717, 1.165) is 12.8 Å². The number of aromatic nitrogens is 2. The van der Waals surface area contributed by atoms with Gasteiger partial charge < -0.3 is 9.64 Å². The van der Waals surface area contributed by atoms with Gasteiger partial charge in [-0.15, -0.1) is 0 Å². The number of hydrogen-bond donors (Lipinski definition) is 0. The Labute approximate surface area is 136 Å². The minimum atomic E-state index is -0.334. The summed E-state index contributed by atoms with van der Waals surface area (Å²) in [5, 5.41) is 0. The Hall–Kier alpha value is -2.18. The van der Waals surface area contributed by atoms with E-state index < -0.39 is 0 Å². The molecule has 0 saturated carbocycles. The van der Waals surface area contributed by atoms with Gasteiger partial charge in [-0.05, 0) is 12.8 Å². The lowest BCUT2D eigenvalue weighted by Gasteiger charge is -2.26. The third-order valence-electron chi connectivity index (χ3n) is 4.37. The summed E-state index contributed by atoms with van der Waals surface area (Å²) >= 11 is 0. The zero-order valence-electron chi connectivity index (χ0n) is 14.2. The van der Waals surface area contributed by atoms with Crippen molar-refractivity contribution in [2.75, 3.05) is 25.6 Å². The molecule has 2 amide bonds.